The molecule has 5 aromatic carbocycles. The van der Waals surface area contributed by atoms with Crippen molar-refractivity contribution in [1.82, 2.24) is 4.57 Å². The van der Waals surface area contributed by atoms with E-state index in [2.05, 4.69) is 66.1 Å². The molecule has 1 aromatic heterocycles. The van der Waals surface area contributed by atoms with E-state index < -0.39 is 0 Å². The molecule has 2 amide bonds. The standard InChI is InChI=1S/C41H38N2O3/c1-3-4-5-6-7-10-26-42-37-15-9-8-12-33(37)36-27-28(17-25-38(36)42)16-18-29-19-24-35-39-32(29)13-11-14-34(39)40(44)43(41(35)45)30-20-22-31(46-2)23-21-30/h8-9,11-25,27H,3-7,10,26H2,1-2H3/b18-16+. The highest BCUT2D eigenvalue weighted by atomic mass is 16.5. The first-order valence-corrected chi connectivity index (χ1v) is 16.4. The summed E-state index contributed by atoms with van der Waals surface area (Å²) in [5.74, 6) is 0.0204. The van der Waals surface area contributed by atoms with Crippen LogP contribution in [-0.4, -0.2) is 23.5 Å². The monoisotopic (exact) mass is 606 g/mol. The van der Waals surface area contributed by atoms with Gasteiger partial charge in [0, 0.05) is 44.9 Å². The average Bonchev–Trinajstić information content (AvgIpc) is 3.41. The van der Waals surface area contributed by atoms with Crippen molar-refractivity contribution in [2.45, 2.75) is 52.0 Å². The molecule has 7 rings (SSSR count). The number of benzene rings is 5. The van der Waals surface area contributed by atoms with E-state index in [9.17, 15) is 9.59 Å². The van der Waals surface area contributed by atoms with Crippen molar-refractivity contribution in [3.05, 3.63) is 119 Å². The molecule has 2 heterocycles. The molecule has 230 valence electrons. The van der Waals surface area contributed by atoms with Crippen molar-refractivity contribution in [2.75, 3.05) is 12.0 Å². The van der Waals surface area contributed by atoms with E-state index in [-0.39, 0.29) is 11.8 Å². The number of carbonyl (C=O) groups excluding carboxylic acids is 2. The lowest BCUT2D eigenvalue weighted by molar-refractivity contribution is 0.0893. The summed E-state index contributed by atoms with van der Waals surface area (Å²) in [6.45, 7) is 3.29. The minimum Gasteiger partial charge on any atom is -0.497 e. The zero-order chi connectivity index (χ0) is 31.6. The highest BCUT2D eigenvalue weighted by Crippen LogP contribution is 2.36. The third kappa shape index (κ3) is 5.26. The second-order valence-corrected chi connectivity index (χ2v) is 12.1. The van der Waals surface area contributed by atoms with Gasteiger partial charge in [-0.05, 0) is 77.5 Å². The molecule has 0 radical (unpaired) electrons. The number of unbranched alkanes of at least 4 members (excludes halogenated alkanes) is 5. The van der Waals surface area contributed by atoms with Gasteiger partial charge in [-0.1, -0.05) is 93.6 Å². The number of anilines is 1. The fraction of sp³-hybridized carbons (Fsp3) is 0.220. The number of imide groups is 1. The van der Waals surface area contributed by atoms with E-state index in [0.29, 0.717) is 28.0 Å². The van der Waals surface area contributed by atoms with Gasteiger partial charge in [-0.3, -0.25) is 9.59 Å². The van der Waals surface area contributed by atoms with Crippen molar-refractivity contribution in [2.24, 2.45) is 0 Å². The fourth-order valence-electron chi connectivity index (χ4n) is 6.88. The first-order valence-electron chi connectivity index (χ1n) is 16.4. The predicted octanol–water partition coefficient (Wildman–Crippen LogP) is 10.3. The summed E-state index contributed by atoms with van der Waals surface area (Å²) in [7, 11) is 1.59. The minimum absolute atomic E-state index is 0.322. The third-order valence-corrected chi connectivity index (χ3v) is 9.26. The lowest BCUT2D eigenvalue weighted by Gasteiger charge is -2.27. The number of rotatable bonds is 11. The van der Waals surface area contributed by atoms with Gasteiger partial charge >= 0.3 is 0 Å². The van der Waals surface area contributed by atoms with Crippen LogP contribution in [0.4, 0.5) is 5.69 Å². The number of aryl methyl sites for hydroxylation is 1. The van der Waals surface area contributed by atoms with Gasteiger partial charge in [0.25, 0.3) is 11.8 Å². The molecule has 0 atom stereocenters. The number of ether oxygens (including phenoxy) is 1. The highest BCUT2D eigenvalue weighted by molar-refractivity contribution is 6.36. The van der Waals surface area contributed by atoms with Crippen molar-refractivity contribution in [1.29, 1.82) is 0 Å². The van der Waals surface area contributed by atoms with Crippen LogP contribution in [-0.2, 0) is 6.54 Å². The highest BCUT2D eigenvalue weighted by Gasteiger charge is 2.34. The Hall–Kier alpha value is -5.16. The lowest BCUT2D eigenvalue weighted by Crippen LogP contribution is -2.40. The summed E-state index contributed by atoms with van der Waals surface area (Å²) in [6, 6.07) is 31.9. The van der Waals surface area contributed by atoms with Gasteiger partial charge in [0.15, 0.2) is 0 Å². The normalized spacial score (nSPS) is 13.1. The van der Waals surface area contributed by atoms with E-state index in [0.717, 1.165) is 23.1 Å². The molecule has 5 heteroatoms. The zero-order valence-corrected chi connectivity index (χ0v) is 26.5. The molecular weight excluding hydrogens is 568 g/mol. The Morgan fingerprint density at radius 3 is 2.17 bits per heavy atom. The predicted molar refractivity (Wildman–Crippen MR) is 190 cm³/mol. The van der Waals surface area contributed by atoms with E-state index in [4.69, 9.17) is 4.74 Å². The minimum atomic E-state index is -0.322. The van der Waals surface area contributed by atoms with Crippen LogP contribution in [0.3, 0.4) is 0 Å². The summed E-state index contributed by atoms with van der Waals surface area (Å²) >= 11 is 0. The second kappa shape index (κ2) is 12.7. The van der Waals surface area contributed by atoms with Gasteiger partial charge in [0.1, 0.15) is 5.75 Å². The third-order valence-electron chi connectivity index (χ3n) is 9.26. The number of methoxy groups -OCH3 is 1. The average molecular weight is 607 g/mol. The number of hydrogen-bond donors (Lipinski definition) is 0. The van der Waals surface area contributed by atoms with E-state index in [1.807, 2.05) is 24.3 Å². The van der Waals surface area contributed by atoms with Crippen molar-refractivity contribution in [3.63, 3.8) is 0 Å². The molecular formula is C41H38N2O3. The number of hydrogen-bond acceptors (Lipinski definition) is 3. The van der Waals surface area contributed by atoms with Gasteiger partial charge in [-0.2, -0.15) is 0 Å². The van der Waals surface area contributed by atoms with Crippen molar-refractivity contribution >= 4 is 62.2 Å². The molecule has 6 aromatic rings. The first-order chi connectivity index (χ1) is 22.6. The van der Waals surface area contributed by atoms with Crippen LogP contribution >= 0.6 is 0 Å². The molecule has 1 aliphatic rings. The molecule has 0 spiro atoms. The van der Waals surface area contributed by atoms with Crippen LogP contribution in [0.1, 0.15) is 77.3 Å². The maximum Gasteiger partial charge on any atom is 0.265 e. The SMILES string of the molecule is CCCCCCCCn1c2ccccc2c2cc(/C=C/c3ccc4c5c(cccc35)C(=O)N(c3ccc(OC)cc3)C4=O)ccc21. The molecule has 1 aliphatic heterocycles. The Morgan fingerprint density at radius 2 is 1.37 bits per heavy atom. The molecule has 5 nitrogen and oxygen atoms in total. The summed E-state index contributed by atoms with van der Waals surface area (Å²) in [5, 5.41) is 4.13. The van der Waals surface area contributed by atoms with Gasteiger partial charge in [0.2, 0.25) is 0 Å². The van der Waals surface area contributed by atoms with E-state index >= 15 is 0 Å². The molecule has 0 N–H and O–H groups in total. The maximum absolute atomic E-state index is 13.7. The molecule has 46 heavy (non-hydrogen) atoms. The maximum atomic E-state index is 13.7. The zero-order valence-electron chi connectivity index (χ0n) is 26.5. The van der Waals surface area contributed by atoms with Gasteiger partial charge in [-0.15, -0.1) is 0 Å². The van der Waals surface area contributed by atoms with Crippen LogP contribution in [0.2, 0.25) is 0 Å². The van der Waals surface area contributed by atoms with E-state index in [1.54, 1.807) is 37.4 Å². The summed E-state index contributed by atoms with van der Waals surface area (Å²) in [5.41, 5.74) is 6.19. The van der Waals surface area contributed by atoms with Gasteiger partial charge < -0.3 is 9.30 Å². The number of aromatic nitrogens is 1. The van der Waals surface area contributed by atoms with Gasteiger partial charge in [0.05, 0.1) is 12.8 Å². The van der Waals surface area contributed by atoms with Crippen LogP contribution in [0.15, 0.2) is 97.1 Å². The Labute approximate surface area is 269 Å². The quantitative estimate of drug-likeness (QED) is 0.0838. The lowest BCUT2D eigenvalue weighted by atomic mass is 9.90. The number of amides is 2. The Kier molecular flexibility index (Phi) is 8.15. The topological polar surface area (TPSA) is 51.5 Å². The van der Waals surface area contributed by atoms with Crippen LogP contribution in [0.25, 0.3) is 44.7 Å². The first kappa shape index (κ1) is 29.5. The Morgan fingerprint density at radius 1 is 0.652 bits per heavy atom. The van der Waals surface area contributed by atoms with Crippen LogP contribution in [0, 0.1) is 0 Å². The molecule has 0 aliphatic carbocycles. The summed E-state index contributed by atoms with van der Waals surface area (Å²) < 4.78 is 7.73. The molecule has 0 saturated carbocycles. The van der Waals surface area contributed by atoms with Crippen molar-refractivity contribution < 1.29 is 14.3 Å². The molecule has 0 bridgehead atoms. The fourth-order valence-corrected chi connectivity index (χ4v) is 6.88. The largest absolute Gasteiger partial charge is 0.497 e. The van der Waals surface area contributed by atoms with Gasteiger partial charge in [-0.25, -0.2) is 4.90 Å². The van der Waals surface area contributed by atoms with Crippen LogP contribution < -0.4 is 9.64 Å². The molecule has 0 unspecified atom stereocenters. The Bertz CT molecular complexity index is 2100. The van der Waals surface area contributed by atoms with Crippen molar-refractivity contribution in [3.8, 4) is 5.75 Å². The molecule has 0 fully saturated rings. The second-order valence-electron chi connectivity index (χ2n) is 12.1. The number of fused-ring (bicyclic) bond motifs is 3. The number of carbonyl (C=O) groups is 2. The van der Waals surface area contributed by atoms with E-state index in [1.165, 1.54) is 65.2 Å². The summed E-state index contributed by atoms with van der Waals surface area (Å²) in [4.78, 5) is 28.6. The van der Waals surface area contributed by atoms with Crippen LogP contribution in [0.5, 0.6) is 5.75 Å². The number of nitrogens with zero attached hydrogens (tertiary/aromatic N) is 2. The Balaban J connectivity index is 1.20. The smallest absolute Gasteiger partial charge is 0.265 e. The molecule has 0 saturated heterocycles. The number of para-hydroxylation sites is 1. The summed E-state index contributed by atoms with van der Waals surface area (Å²) in [6.07, 6.45) is 11.9.